The van der Waals surface area contributed by atoms with Gasteiger partial charge in [-0.2, -0.15) is 0 Å². The molecule has 1 N–H and O–H groups in total. The van der Waals surface area contributed by atoms with Crippen molar-refractivity contribution >= 4 is 11.8 Å². The van der Waals surface area contributed by atoms with Crippen LogP contribution in [0.1, 0.15) is 10.4 Å². The van der Waals surface area contributed by atoms with Gasteiger partial charge in [-0.1, -0.05) is 0 Å². The van der Waals surface area contributed by atoms with Crippen molar-refractivity contribution in [2.45, 2.75) is 6.17 Å². The third-order valence-corrected chi connectivity index (χ3v) is 1.88. The minimum Gasteiger partial charge on any atom is -0.508 e. The van der Waals surface area contributed by atoms with Gasteiger partial charge in [-0.3, -0.25) is 4.79 Å². The molecule has 0 unspecified atom stereocenters. The summed E-state index contributed by atoms with van der Waals surface area (Å²) in [4.78, 5) is 22.0. The van der Waals surface area contributed by atoms with Crippen LogP contribution in [-0.4, -0.2) is 23.0 Å². The molecule has 0 saturated carbocycles. The first-order valence-electron chi connectivity index (χ1n) is 3.82. The normalized spacial score (nSPS) is 20.2. The van der Waals surface area contributed by atoms with Gasteiger partial charge in [0.1, 0.15) is 11.5 Å². The Balaban J connectivity index is 2.56. The summed E-state index contributed by atoms with van der Waals surface area (Å²) in [7, 11) is 0. The van der Waals surface area contributed by atoms with Crippen molar-refractivity contribution in [2.75, 3.05) is 0 Å². The molecule has 5 heteroatoms. The molecule has 2 rings (SSSR count). The van der Waals surface area contributed by atoms with Crippen molar-refractivity contribution in [3.63, 3.8) is 0 Å². The lowest BCUT2D eigenvalue weighted by molar-refractivity contribution is -0.138. The molecule has 1 atom stereocenters. The van der Waals surface area contributed by atoms with Crippen LogP contribution in [0.25, 0.3) is 0 Å². The predicted octanol–water partition coefficient (Wildman–Crippen LogP) is 0.832. The molecule has 0 aromatic heterocycles. The third-order valence-electron chi connectivity index (χ3n) is 1.88. The van der Waals surface area contributed by atoms with Crippen molar-refractivity contribution in [3.8, 4) is 11.5 Å². The number of hydrogen-bond acceptors (Lipinski definition) is 4. The highest BCUT2D eigenvalue weighted by Gasteiger charge is 2.36. The smallest absolute Gasteiger partial charge is 0.354 e. The molecule has 0 amide bonds. The molecular formula is C9H5FO4. The zero-order valence-corrected chi connectivity index (χ0v) is 6.86. The standard InChI is InChI=1S/C9H5FO4/c10-7-8(12)5-2-1-4(11)3-6(5)14-9(7)13/h1-3,7,11H/t7-/m1/s1. The van der Waals surface area contributed by atoms with Crippen LogP contribution >= 0.6 is 0 Å². The van der Waals surface area contributed by atoms with Crippen molar-refractivity contribution in [2.24, 2.45) is 0 Å². The first kappa shape index (κ1) is 8.68. The molecule has 1 heterocycles. The quantitative estimate of drug-likeness (QED) is 0.379. The lowest BCUT2D eigenvalue weighted by Crippen LogP contribution is -2.34. The molecule has 1 aliphatic heterocycles. The minimum absolute atomic E-state index is 0.0325. The lowest BCUT2D eigenvalue weighted by atomic mass is 10.0. The largest absolute Gasteiger partial charge is 0.508 e. The second-order valence-electron chi connectivity index (χ2n) is 2.83. The van der Waals surface area contributed by atoms with Gasteiger partial charge in [0.25, 0.3) is 6.17 Å². The summed E-state index contributed by atoms with van der Waals surface area (Å²) >= 11 is 0. The van der Waals surface area contributed by atoms with Crippen molar-refractivity contribution in [3.05, 3.63) is 23.8 Å². The number of Topliss-reactive ketones (excluding diaryl/α,β-unsaturated/α-hetero) is 1. The highest BCUT2D eigenvalue weighted by molar-refractivity contribution is 6.15. The Bertz CT molecular complexity index is 427. The van der Waals surface area contributed by atoms with Crippen LogP contribution in [0.3, 0.4) is 0 Å². The van der Waals surface area contributed by atoms with Gasteiger partial charge in [-0.05, 0) is 12.1 Å². The van der Waals surface area contributed by atoms with Crippen LogP contribution in [0.2, 0.25) is 0 Å². The van der Waals surface area contributed by atoms with E-state index >= 15 is 0 Å². The topological polar surface area (TPSA) is 63.6 Å². The van der Waals surface area contributed by atoms with E-state index in [4.69, 9.17) is 5.11 Å². The molecular weight excluding hydrogens is 191 g/mol. The number of halogens is 1. The number of alkyl halides is 1. The third kappa shape index (κ3) is 1.14. The van der Waals surface area contributed by atoms with Crippen LogP contribution in [0.4, 0.5) is 4.39 Å². The summed E-state index contributed by atoms with van der Waals surface area (Å²) in [5, 5.41) is 9.03. The van der Waals surface area contributed by atoms with Gasteiger partial charge in [0.15, 0.2) is 0 Å². The Morgan fingerprint density at radius 3 is 2.79 bits per heavy atom. The zero-order valence-electron chi connectivity index (χ0n) is 6.86. The lowest BCUT2D eigenvalue weighted by Gasteiger charge is -2.16. The fraction of sp³-hybridized carbons (Fsp3) is 0.111. The summed E-state index contributed by atoms with van der Waals surface area (Å²) in [5.41, 5.74) is -0.0325. The average Bonchev–Trinajstić information content (AvgIpc) is 2.14. The summed E-state index contributed by atoms with van der Waals surface area (Å²) < 4.78 is 17.4. The second-order valence-corrected chi connectivity index (χ2v) is 2.83. The molecule has 0 spiro atoms. The van der Waals surface area contributed by atoms with E-state index in [1.807, 2.05) is 0 Å². The van der Waals surface area contributed by atoms with E-state index in [2.05, 4.69) is 4.74 Å². The summed E-state index contributed by atoms with van der Waals surface area (Å²) in [6.07, 6.45) is -2.26. The first-order valence-corrected chi connectivity index (χ1v) is 3.82. The molecule has 0 aliphatic carbocycles. The number of fused-ring (bicyclic) bond motifs is 1. The van der Waals surface area contributed by atoms with E-state index < -0.39 is 17.9 Å². The van der Waals surface area contributed by atoms with Gasteiger partial charge in [0.05, 0.1) is 5.56 Å². The number of rotatable bonds is 0. The fourth-order valence-corrected chi connectivity index (χ4v) is 1.20. The van der Waals surface area contributed by atoms with Crippen LogP contribution in [0.15, 0.2) is 18.2 Å². The Hall–Kier alpha value is -1.91. The van der Waals surface area contributed by atoms with Crippen LogP contribution in [-0.2, 0) is 4.79 Å². The van der Waals surface area contributed by atoms with Crippen LogP contribution < -0.4 is 4.74 Å². The summed E-state index contributed by atoms with van der Waals surface area (Å²) in [6.45, 7) is 0. The molecule has 0 saturated heterocycles. The highest BCUT2D eigenvalue weighted by Crippen LogP contribution is 2.29. The van der Waals surface area contributed by atoms with E-state index in [9.17, 15) is 14.0 Å². The molecule has 1 aromatic carbocycles. The summed E-state index contributed by atoms with van der Waals surface area (Å²) in [5.74, 6) is -2.43. The number of phenolic OH excluding ortho intramolecular Hbond substituents is 1. The Kier molecular flexibility index (Phi) is 1.73. The molecule has 1 aliphatic rings. The average molecular weight is 196 g/mol. The number of aromatic hydroxyl groups is 1. The van der Waals surface area contributed by atoms with Crippen LogP contribution in [0.5, 0.6) is 11.5 Å². The van der Waals surface area contributed by atoms with Crippen molar-refractivity contribution < 1.29 is 23.8 Å². The number of ketones is 1. The number of ether oxygens (including phenoxy) is 1. The number of carbonyl (C=O) groups is 2. The number of hydrogen-bond donors (Lipinski definition) is 1. The maximum atomic E-state index is 12.9. The number of esters is 1. The van der Waals surface area contributed by atoms with Gasteiger partial charge in [-0.25, -0.2) is 9.18 Å². The molecule has 14 heavy (non-hydrogen) atoms. The molecule has 72 valence electrons. The van der Waals surface area contributed by atoms with E-state index in [0.717, 1.165) is 6.07 Å². The number of carbonyl (C=O) groups excluding carboxylic acids is 2. The van der Waals surface area contributed by atoms with Crippen LogP contribution in [0, 0.1) is 0 Å². The van der Waals surface area contributed by atoms with Crippen molar-refractivity contribution in [1.29, 1.82) is 0 Å². The van der Waals surface area contributed by atoms with Gasteiger partial charge >= 0.3 is 5.97 Å². The highest BCUT2D eigenvalue weighted by atomic mass is 19.1. The Morgan fingerprint density at radius 1 is 1.36 bits per heavy atom. The Morgan fingerprint density at radius 2 is 2.07 bits per heavy atom. The minimum atomic E-state index is -2.26. The number of phenols is 1. The molecule has 1 aromatic rings. The van der Waals surface area contributed by atoms with Gasteiger partial charge in [0, 0.05) is 6.07 Å². The maximum Gasteiger partial charge on any atom is 0.354 e. The number of benzene rings is 1. The second kappa shape index (κ2) is 2.80. The molecule has 0 bridgehead atoms. The molecule has 4 nitrogen and oxygen atoms in total. The first-order chi connectivity index (χ1) is 6.59. The molecule has 0 radical (unpaired) electrons. The van der Waals surface area contributed by atoms with E-state index in [0.29, 0.717) is 0 Å². The van der Waals surface area contributed by atoms with E-state index in [1.165, 1.54) is 12.1 Å². The van der Waals surface area contributed by atoms with E-state index in [1.54, 1.807) is 0 Å². The monoisotopic (exact) mass is 196 g/mol. The van der Waals surface area contributed by atoms with Gasteiger partial charge < -0.3 is 9.84 Å². The van der Waals surface area contributed by atoms with Crippen molar-refractivity contribution in [1.82, 2.24) is 0 Å². The predicted molar refractivity (Wildman–Crippen MR) is 43.0 cm³/mol. The molecule has 0 fully saturated rings. The SMILES string of the molecule is O=C1Oc2cc(O)ccc2C(=O)[C@H]1F. The zero-order chi connectivity index (χ0) is 10.3. The Labute approximate surface area is 77.9 Å². The summed E-state index contributed by atoms with van der Waals surface area (Å²) in [6, 6.07) is 3.53. The van der Waals surface area contributed by atoms with E-state index in [-0.39, 0.29) is 17.1 Å². The van der Waals surface area contributed by atoms with Gasteiger partial charge in [0.2, 0.25) is 5.78 Å². The fourth-order valence-electron chi connectivity index (χ4n) is 1.20. The maximum absolute atomic E-state index is 12.9. The van der Waals surface area contributed by atoms with Gasteiger partial charge in [-0.15, -0.1) is 0 Å².